The molecule has 0 heterocycles. The van der Waals surface area contributed by atoms with Crippen molar-refractivity contribution >= 4 is 33.3 Å². The molecule has 0 aliphatic rings. The lowest BCUT2D eigenvalue weighted by Crippen LogP contribution is -2.47. The predicted molar refractivity (Wildman–Crippen MR) is 120 cm³/mol. The van der Waals surface area contributed by atoms with Crippen LogP contribution in [0.3, 0.4) is 0 Å². The predicted octanol–water partition coefficient (Wildman–Crippen LogP) is 3.36. The van der Waals surface area contributed by atoms with Crippen molar-refractivity contribution < 1.29 is 27.5 Å². The van der Waals surface area contributed by atoms with Crippen molar-refractivity contribution in [1.29, 1.82) is 0 Å². The number of sulfonamides is 1. The number of ether oxygens (including phenoxy) is 2. The molecule has 2 aromatic carbocycles. The lowest BCUT2D eigenvalue weighted by Gasteiger charge is -2.30. The summed E-state index contributed by atoms with van der Waals surface area (Å²) in [6, 6.07) is 10.3. The van der Waals surface area contributed by atoms with Gasteiger partial charge >= 0.3 is 5.97 Å². The van der Waals surface area contributed by atoms with Gasteiger partial charge in [-0.05, 0) is 68.3 Å². The molecule has 168 valence electrons. The van der Waals surface area contributed by atoms with Crippen LogP contribution in [0.1, 0.15) is 36.2 Å². The van der Waals surface area contributed by atoms with E-state index < -0.39 is 27.9 Å². The Balaban J connectivity index is 2.32. The fourth-order valence-electron chi connectivity index (χ4n) is 3.15. The Hall–Kier alpha value is -3.07. The highest BCUT2D eigenvalue weighted by molar-refractivity contribution is 7.92. The van der Waals surface area contributed by atoms with Crippen molar-refractivity contribution in [2.75, 3.05) is 29.6 Å². The molecule has 2 rings (SSSR count). The van der Waals surface area contributed by atoms with Crippen LogP contribution in [0, 0.1) is 6.92 Å². The van der Waals surface area contributed by atoms with Gasteiger partial charge in [-0.3, -0.25) is 9.10 Å². The van der Waals surface area contributed by atoms with E-state index in [9.17, 15) is 18.0 Å². The van der Waals surface area contributed by atoms with Gasteiger partial charge in [0.15, 0.2) is 0 Å². The van der Waals surface area contributed by atoms with Gasteiger partial charge in [0.05, 0.1) is 31.2 Å². The molecule has 0 spiro atoms. The number of hydrogen-bond acceptors (Lipinski definition) is 6. The standard InChI is InChI=1S/C22H28N2O6S/c1-6-20(24(31(5,27)28)17-9-11-18(29-4)12-10-17)21(25)23-19-13-8-16(14-15(19)3)22(26)30-7-2/h8-14,20H,6-7H2,1-5H3,(H,23,25)/t20-/m0/s1. The Morgan fingerprint density at radius 3 is 2.23 bits per heavy atom. The van der Waals surface area contributed by atoms with E-state index in [2.05, 4.69) is 5.32 Å². The van der Waals surface area contributed by atoms with E-state index in [-0.39, 0.29) is 13.0 Å². The molecule has 0 aliphatic heterocycles. The number of nitrogens with one attached hydrogen (secondary N) is 1. The summed E-state index contributed by atoms with van der Waals surface area (Å²) in [6.07, 6.45) is 1.32. The molecule has 0 fully saturated rings. The first-order chi connectivity index (χ1) is 14.6. The van der Waals surface area contributed by atoms with Crippen molar-refractivity contribution in [3.05, 3.63) is 53.6 Å². The summed E-state index contributed by atoms with van der Waals surface area (Å²) >= 11 is 0. The molecule has 1 atom stereocenters. The normalized spacial score (nSPS) is 12.0. The number of rotatable bonds is 9. The van der Waals surface area contributed by atoms with Crippen molar-refractivity contribution in [3.8, 4) is 5.75 Å². The van der Waals surface area contributed by atoms with Crippen molar-refractivity contribution in [3.63, 3.8) is 0 Å². The second-order valence-electron chi connectivity index (χ2n) is 6.92. The SMILES string of the molecule is CCOC(=O)c1ccc(NC(=O)[C@H](CC)N(c2ccc(OC)cc2)S(C)(=O)=O)c(C)c1. The van der Waals surface area contributed by atoms with Gasteiger partial charge in [0.1, 0.15) is 11.8 Å². The van der Waals surface area contributed by atoms with E-state index >= 15 is 0 Å². The average molecular weight is 449 g/mol. The molecule has 9 heteroatoms. The van der Waals surface area contributed by atoms with Crippen LogP contribution in [0.15, 0.2) is 42.5 Å². The van der Waals surface area contributed by atoms with E-state index in [1.165, 1.54) is 7.11 Å². The maximum atomic E-state index is 13.1. The molecule has 0 saturated heterocycles. The Morgan fingerprint density at radius 2 is 1.74 bits per heavy atom. The number of amides is 1. The minimum Gasteiger partial charge on any atom is -0.497 e. The van der Waals surface area contributed by atoms with Crippen LogP contribution in [0.4, 0.5) is 11.4 Å². The van der Waals surface area contributed by atoms with E-state index in [1.54, 1.807) is 63.2 Å². The second kappa shape index (κ2) is 10.3. The topological polar surface area (TPSA) is 102 Å². The summed E-state index contributed by atoms with van der Waals surface area (Å²) in [4.78, 5) is 25.0. The van der Waals surface area contributed by atoms with E-state index in [0.29, 0.717) is 28.3 Å². The number of benzene rings is 2. The third-order valence-corrected chi connectivity index (χ3v) is 5.83. The molecule has 1 amide bonds. The molecule has 1 N–H and O–H groups in total. The molecule has 0 saturated carbocycles. The van der Waals surface area contributed by atoms with E-state index in [4.69, 9.17) is 9.47 Å². The van der Waals surface area contributed by atoms with Crippen LogP contribution in [0.5, 0.6) is 5.75 Å². The molecule has 0 aromatic heterocycles. The Morgan fingerprint density at radius 1 is 1.10 bits per heavy atom. The largest absolute Gasteiger partial charge is 0.497 e. The lowest BCUT2D eigenvalue weighted by atomic mass is 10.1. The summed E-state index contributed by atoms with van der Waals surface area (Å²) in [7, 11) is -2.24. The highest BCUT2D eigenvalue weighted by Crippen LogP contribution is 2.26. The van der Waals surface area contributed by atoms with Gasteiger partial charge in [0.25, 0.3) is 0 Å². The first kappa shape index (κ1) is 24.2. The minimum atomic E-state index is -3.75. The highest BCUT2D eigenvalue weighted by Gasteiger charge is 2.31. The fourth-order valence-corrected chi connectivity index (χ4v) is 4.36. The van der Waals surface area contributed by atoms with Gasteiger partial charge in [-0.1, -0.05) is 6.92 Å². The summed E-state index contributed by atoms with van der Waals surface area (Å²) in [5.74, 6) is -0.347. The Bertz CT molecular complexity index is 1030. The van der Waals surface area contributed by atoms with Crippen LogP contribution in [-0.4, -0.2) is 46.3 Å². The van der Waals surface area contributed by atoms with Gasteiger partial charge in [-0.15, -0.1) is 0 Å². The third-order valence-electron chi connectivity index (χ3n) is 4.65. The molecule has 0 bridgehead atoms. The number of methoxy groups -OCH3 is 1. The zero-order valence-electron chi connectivity index (χ0n) is 18.3. The second-order valence-corrected chi connectivity index (χ2v) is 8.78. The fraction of sp³-hybridized carbons (Fsp3) is 0.364. The summed E-state index contributed by atoms with van der Waals surface area (Å²) in [5.41, 5.74) is 1.88. The lowest BCUT2D eigenvalue weighted by molar-refractivity contribution is -0.117. The first-order valence-corrected chi connectivity index (χ1v) is 11.7. The van der Waals surface area contributed by atoms with Gasteiger partial charge in [-0.2, -0.15) is 0 Å². The maximum absolute atomic E-state index is 13.1. The van der Waals surface area contributed by atoms with Crippen LogP contribution < -0.4 is 14.4 Å². The van der Waals surface area contributed by atoms with Gasteiger partial charge in [0, 0.05) is 5.69 Å². The first-order valence-electron chi connectivity index (χ1n) is 9.84. The van der Waals surface area contributed by atoms with Gasteiger partial charge < -0.3 is 14.8 Å². The number of esters is 1. The zero-order chi connectivity index (χ0) is 23.2. The Kier molecular flexibility index (Phi) is 8.04. The van der Waals surface area contributed by atoms with Gasteiger partial charge in [0.2, 0.25) is 15.9 Å². The van der Waals surface area contributed by atoms with Crippen LogP contribution in [0.2, 0.25) is 0 Å². The summed E-state index contributed by atoms with van der Waals surface area (Å²) in [5, 5.41) is 2.78. The van der Waals surface area contributed by atoms with Crippen molar-refractivity contribution in [2.24, 2.45) is 0 Å². The zero-order valence-corrected chi connectivity index (χ0v) is 19.2. The highest BCUT2D eigenvalue weighted by atomic mass is 32.2. The van der Waals surface area contributed by atoms with E-state index in [1.807, 2.05) is 0 Å². The van der Waals surface area contributed by atoms with Crippen molar-refractivity contribution in [2.45, 2.75) is 33.2 Å². The smallest absolute Gasteiger partial charge is 0.338 e. The monoisotopic (exact) mass is 448 g/mol. The summed E-state index contributed by atoms with van der Waals surface area (Å²) in [6.45, 7) is 5.47. The quantitative estimate of drug-likeness (QED) is 0.590. The number of nitrogens with zero attached hydrogens (tertiary/aromatic N) is 1. The molecular weight excluding hydrogens is 420 g/mol. The van der Waals surface area contributed by atoms with Gasteiger partial charge in [-0.25, -0.2) is 13.2 Å². The van der Waals surface area contributed by atoms with Crippen molar-refractivity contribution in [1.82, 2.24) is 0 Å². The average Bonchev–Trinajstić information content (AvgIpc) is 2.72. The number of carbonyl (C=O) groups excluding carboxylic acids is 2. The van der Waals surface area contributed by atoms with E-state index in [0.717, 1.165) is 10.6 Å². The minimum absolute atomic E-state index is 0.255. The molecule has 0 radical (unpaired) electrons. The number of aryl methyl sites for hydroxylation is 1. The number of anilines is 2. The van der Waals surface area contributed by atoms with Crippen LogP contribution in [-0.2, 0) is 19.6 Å². The number of carbonyl (C=O) groups is 2. The van der Waals surface area contributed by atoms with Crippen LogP contribution >= 0.6 is 0 Å². The third kappa shape index (κ3) is 5.97. The number of hydrogen-bond donors (Lipinski definition) is 1. The Labute approximate surface area is 183 Å². The summed E-state index contributed by atoms with van der Waals surface area (Å²) < 4.78 is 36.3. The molecular formula is C22H28N2O6S. The molecule has 0 aliphatic carbocycles. The molecule has 2 aromatic rings. The molecule has 0 unspecified atom stereocenters. The van der Waals surface area contributed by atoms with Crippen LogP contribution in [0.25, 0.3) is 0 Å². The molecule has 8 nitrogen and oxygen atoms in total. The molecule has 31 heavy (non-hydrogen) atoms. The maximum Gasteiger partial charge on any atom is 0.338 e.